The zero-order valence-electron chi connectivity index (χ0n) is 9.37. The topological polar surface area (TPSA) is 78.4 Å². The highest BCUT2D eigenvalue weighted by Crippen LogP contribution is 2.48. The van der Waals surface area contributed by atoms with Gasteiger partial charge in [-0.3, -0.25) is 5.32 Å². The Labute approximate surface area is 109 Å². The standard InChI is InChI=1S/C10H9F3N2O3S/c11-10(12,13)9(2-3-9)15-8(18)14-6-5(7(16)17)1-4-19-6/h1,4H,2-3H2,(H,16,17)(H2,14,15,18). The first kappa shape index (κ1) is 13.7. The highest BCUT2D eigenvalue weighted by molar-refractivity contribution is 7.14. The molecule has 0 saturated heterocycles. The average molecular weight is 294 g/mol. The Kier molecular flexibility index (Phi) is 3.17. The predicted molar refractivity (Wildman–Crippen MR) is 61.5 cm³/mol. The molecule has 1 aromatic rings. The van der Waals surface area contributed by atoms with E-state index in [0.717, 1.165) is 11.3 Å². The summed E-state index contributed by atoms with van der Waals surface area (Å²) in [4.78, 5) is 22.3. The number of thiophene rings is 1. The summed E-state index contributed by atoms with van der Waals surface area (Å²) in [7, 11) is 0. The molecule has 3 N–H and O–H groups in total. The number of carbonyl (C=O) groups is 2. The van der Waals surface area contributed by atoms with Crippen molar-refractivity contribution in [3.63, 3.8) is 0 Å². The van der Waals surface area contributed by atoms with Gasteiger partial charge in [0, 0.05) is 0 Å². The normalized spacial score (nSPS) is 16.8. The second-order valence-electron chi connectivity index (χ2n) is 4.13. The fraction of sp³-hybridized carbons (Fsp3) is 0.400. The molecule has 19 heavy (non-hydrogen) atoms. The Balaban J connectivity index is 2.03. The number of amides is 2. The van der Waals surface area contributed by atoms with E-state index in [4.69, 9.17) is 5.11 Å². The van der Waals surface area contributed by atoms with Gasteiger partial charge in [0.05, 0.1) is 5.56 Å². The summed E-state index contributed by atoms with van der Waals surface area (Å²) in [6.07, 6.45) is -4.84. The third-order valence-electron chi connectivity index (χ3n) is 2.77. The van der Waals surface area contributed by atoms with Crippen LogP contribution >= 0.6 is 11.3 Å². The molecule has 1 aromatic heterocycles. The van der Waals surface area contributed by atoms with E-state index in [2.05, 4.69) is 5.32 Å². The van der Waals surface area contributed by atoms with Crippen LogP contribution in [0.3, 0.4) is 0 Å². The SMILES string of the molecule is O=C(Nc1sccc1C(=O)O)NC1(C(F)(F)F)CC1. The minimum absolute atomic E-state index is 0.00275. The fourth-order valence-corrected chi connectivity index (χ4v) is 2.30. The lowest BCUT2D eigenvalue weighted by molar-refractivity contribution is -0.162. The number of halogens is 3. The summed E-state index contributed by atoms with van der Waals surface area (Å²) in [6, 6.07) is 0.207. The van der Waals surface area contributed by atoms with Crippen LogP contribution < -0.4 is 10.6 Å². The number of hydrogen-bond donors (Lipinski definition) is 3. The average Bonchev–Trinajstić information content (AvgIpc) is 2.89. The van der Waals surface area contributed by atoms with Gasteiger partial charge in [0.1, 0.15) is 10.5 Å². The molecule has 0 spiro atoms. The van der Waals surface area contributed by atoms with Gasteiger partial charge in [0.25, 0.3) is 0 Å². The zero-order chi connectivity index (χ0) is 14.3. The van der Waals surface area contributed by atoms with Gasteiger partial charge in [-0.1, -0.05) is 0 Å². The monoisotopic (exact) mass is 294 g/mol. The number of carboxylic acids is 1. The molecule has 0 bridgehead atoms. The van der Waals surface area contributed by atoms with E-state index < -0.39 is 23.7 Å². The third kappa shape index (κ3) is 2.65. The number of nitrogens with one attached hydrogen (secondary N) is 2. The van der Waals surface area contributed by atoms with Gasteiger partial charge in [0.2, 0.25) is 0 Å². The van der Waals surface area contributed by atoms with Crippen molar-refractivity contribution in [2.75, 3.05) is 5.32 Å². The number of urea groups is 1. The van der Waals surface area contributed by atoms with Crippen LogP contribution in [0.15, 0.2) is 11.4 Å². The van der Waals surface area contributed by atoms with E-state index in [0.29, 0.717) is 0 Å². The first-order valence-electron chi connectivity index (χ1n) is 5.22. The lowest BCUT2D eigenvalue weighted by atomic mass is 10.2. The molecule has 9 heteroatoms. The van der Waals surface area contributed by atoms with Gasteiger partial charge in [-0.2, -0.15) is 13.2 Å². The number of aromatic carboxylic acids is 1. The van der Waals surface area contributed by atoms with E-state index in [-0.39, 0.29) is 23.4 Å². The van der Waals surface area contributed by atoms with Crippen LogP contribution in [-0.4, -0.2) is 28.8 Å². The smallest absolute Gasteiger partial charge is 0.411 e. The summed E-state index contributed by atoms with van der Waals surface area (Å²) in [5.41, 5.74) is -2.32. The van der Waals surface area contributed by atoms with Crippen LogP contribution in [0, 0.1) is 0 Å². The quantitative estimate of drug-likeness (QED) is 0.802. The number of rotatable bonds is 3. The Morgan fingerprint density at radius 3 is 2.47 bits per heavy atom. The van der Waals surface area contributed by atoms with Crippen molar-refractivity contribution in [2.24, 2.45) is 0 Å². The van der Waals surface area contributed by atoms with Gasteiger partial charge in [0.15, 0.2) is 0 Å². The molecular formula is C10H9F3N2O3S. The molecule has 1 fully saturated rings. The largest absolute Gasteiger partial charge is 0.478 e. The van der Waals surface area contributed by atoms with Crippen molar-refractivity contribution in [2.45, 2.75) is 24.6 Å². The van der Waals surface area contributed by atoms with Crippen molar-refractivity contribution >= 4 is 28.3 Å². The molecular weight excluding hydrogens is 285 g/mol. The summed E-state index contributed by atoms with van der Waals surface area (Å²) in [6.45, 7) is 0. The molecule has 5 nitrogen and oxygen atoms in total. The van der Waals surface area contributed by atoms with Crippen LogP contribution in [0.2, 0.25) is 0 Å². The van der Waals surface area contributed by atoms with Crippen LogP contribution in [0.4, 0.5) is 23.0 Å². The van der Waals surface area contributed by atoms with Crippen molar-refractivity contribution < 1.29 is 27.9 Å². The second-order valence-corrected chi connectivity index (χ2v) is 5.04. The summed E-state index contributed by atoms with van der Waals surface area (Å²) < 4.78 is 37.8. The molecule has 0 aliphatic heterocycles. The van der Waals surface area contributed by atoms with Crippen LogP contribution in [0.5, 0.6) is 0 Å². The number of alkyl halides is 3. The summed E-state index contributed by atoms with van der Waals surface area (Å²) in [5, 5.41) is 14.2. The van der Waals surface area contributed by atoms with Gasteiger partial charge in [-0.25, -0.2) is 9.59 Å². The zero-order valence-corrected chi connectivity index (χ0v) is 10.2. The van der Waals surface area contributed by atoms with Crippen molar-refractivity contribution in [1.82, 2.24) is 5.32 Å². The molecule has 2 amide bonds. The van der Waals surface area contributed by atoms with Crippen LogP contribution in [0.1, 0.15) is 23.2 Å². The van der Waals surface area contributed by atoms with E-state index in [1.807, 2.05) is 5.32 Å². The maximum absolute atomic E-state index is 12.6. The van der Waals surface area contributed by atoms with E-state index in [9.17, 15) is 22.8 Å². The fourth-order valence-electron chi connectivity index (χ4n) is 1.53. The second kappa shape index (κ2) is 4.41. The third-order valence-corrected chi connectivity index (χ3v) is 3.60. The highest BCUT2D eigenvalue weighted by Gasteiger charge is 2.64. The maximum Gasteiger partial charge on any atom is 0.411 e. The lowest BCUT2D eigenvalue weighted by Gasteiger charge is -2.20. The Morgan fingerprint density at radius 2 is 2.00 bits per heavy atom. The molecule has 0 aromatic carbocycles. The van der Waals surface area contributed by atoms with Crippen LogP contribution in [0.25, 0.3) is 0 Å². The van der Waals surface area contributed by atoms with E-state index in [1.165, 1.54) is 11.4 Å². The molecule has 0 atom stereocenters. The first-order chi connectivity index (χ1) is 8.75. The number of carboxylic acid groups (broad SMARTS) is 1. The minimum atomic E-state index is -4.50. The Bertz CT molecular complexity index is 522. The molecule has 104 valence electrons. The number of anilines is 1. The van der Waals surface area contributed by atoms with Crippen molar-refractivity contribution in [3.8, 4) is 0 Å². The van der Waals surface area contributed by atoms with E-state index in [1.54, 1.807) is 0 Å². The molecule has 2 rings (SSSR count). The summed E-state index contributed by atoms with van der Waals surface area (Å²) in [5.74, 6) is -1.26. The van der Waals surface area contributed by atoms with Crippen molar-refractivity contribution in [3.05, 3.63) is 17.0 Å². The maximum atomic E-state index is 12.6. The lowest BCUT2D eigenvalue weighted by Crippen LogP contribution is -2.49. The van der Waals surface area contributed by atoms with Crippen LogP contribution in [-0.2, 0) is 0 Å². The molecule has 0 radical (unpaired) electrons. The minimum Gasteiger partial charge on any atom is -0.478 e. The summed E-state index contributed by atoms with van der Waals surface area (Å²) >= 11 is 0.926. The number of carbonyl (C=O) groups excluding carboxylic acids is 1. The molecule has 0 unspecified atom stereocenters. The Hall–Kier alpha value is -1.77. The molecule has 1 heterocycles. The molecule has 1 saturated carbocycles. The van der Waals surface area contributed by atoms with Gasteiger partial charge in [-0.05, 0) is 24.3 Å². The van der Waals surface area contributed by atoms with Gasteiger partial charge < -0.3 is 10.4 Å². The molecule has 1 aliphatic rings. The van der Waals surface area contributed by atoms with Gasteiger partial charge in [-0.15, -0.1) is 11.3 Å². The molecule has 1 aliphatic carbocycles. The Morgan fingerprint density at radius 1 is 1.37 bits per heavy atom. The van der Waals surface area contributed by atoms with Crippen molar-refractivity contribution in [1.29, 1.82) is 0 Å². The van der Waals surface area contributed by atoms with Gasteiger partial charge >= 0.3 is 18.2 Å². The number of hydrogen-bond acceptors (Lipinski definition) is 3. The first-order valence-corrected chi connectivity index (χ1v) is 6.10. The highest BCUT2D eigenvalue weighted by atomic mass is 32.1. The predicted octanol–water partition coefficient (Wildman–Crippen LogP) is 2.66. The van der Waals surface area contributed by atoms with E-state index >= 15 is 0 Å².